The Bertz CT molecular complexity index is 1050. The molecule has 4 nitrogen and oxygen atoms in total. The molecule has 3 rings (SSSR count). The number of carbonyl (C=O) groups excluding carboxylic acids is 2. The van der Waals surface area contributed by atoms with Crippen LogP contribution >= 0.6 is 11.3 Å². The van der Waals surface area contributed by atoms with Crippen molar-refractivity contribution >= 4 is 32.7 Å². The van der Waals surface area contributed by atoms with Gasteiger partial charge in [0.05, 0.1) is 16.0 Å². The highest BCUT2D eigenvalue weighted by Crippen LogP contribution is 2.44. The number of Topliss-reactive ketones (excluding diaryl/α,β-unsaturated/α-hetero) is 1. The Morgan fingerprint density at radius 1 is 1.19 bits per heavy atom. The van der Waals surface area contributed by atoms with Crippen molar-refractivity contribution in [3.63, 3.8) is 0 Å². The van der Waals surface area contributed by atoms with Gasteiger partial charge in [-0.25, -0.2) is 17.2 Å². The molecule has 26 heavy (non-hydrogen) atoms. The average molecular weight is 398 g/mol. The molecule has 0 amide bonds. The highest BCUT2D eigenvalue weighted by Gasteiger charge is 2.40. The van der Waals surface area contributed by atoms with E-state index in [2.05, 4.69) is 0 Å². The quantitative estimate of drug-likeness (QED) is 0.737. The SMILES string of the molecule is CC1(C)CC(=O)c2c(S(C)(=O)=O)sc(C(=O)c3ccc(F)cc3F)c2C1. The van der Waals surface area contributed by atoms with E-state index in [0.717, 1.165) is 18.4 Å². The van der Waals surface area contributed by atoms with Crippen LogP contribution in [0.4, 0.5) is 8.78 Å². The van der Waals surface area contributed by atoms with E-state index in [-0.39, 0.29) is 32.4 Å². The van der Waals surface area contributed by atoms with E-state index in [4.69, 9.17) is 0 Å². The second kappa shape index (κ2) is 6.06. The van der Waals surface area contributed by atoms with Crippen molar-refractivity contribution in [1.29, 1.82) is 0 Å². The maximum atomic E-state index is 14.0. The zero-order chi connectivity index (χ0) is 19.4. The van der Waals surface area contributed by atoms with Crippen LogP contribution in [0.5, 0.6) is 0 Å². The Balaban J connectivity index is 2.26. The first-order valence-corrected chi connectivity index (χ1v) is 10.5. The number of hydrogen-bond acceptors (Lipinski definition) is 5. The Morgan fingerprint density at radius 2 is 1.85 bits per heavy atom. The molecule has 0 unspecified atom stereocenters. The lowest BCUT2D eigenvalue weighted by atomic mass is 9.74. The van der Waals surface area contributed by atoms with Gasteiger partial charge in [0.1, 0.15) is 15.8 Å². The van der Waals surface area contributed by atoms with Crippen molar-refractivity contribution in [3.05, 3.63) is 51.4 Å². The molecule has 1 aliphatic rings. The fraction of sp³-hybridized carbons (Fsp3) is 0.333. The summed E-state index contributed by atoms with van der Waals surface area (Å²) in [6.45, 7) is 3.69. The van der Waals surface area contributed by atoms with Crippen molar-refractivity contribution in [3.8, 4) is 0 Å². The molecule has 1 aromatic heterocycles. The summed E-state index contributed by atoms with van der Waals surface area (Å²) in [5, 5.41) is 0. The summed E-state index contributed by atoms with van der Waals surface area (Å²) < 4.78 is 51.2. The second-order valence-electron chi connectivity index (χ2n) is 7.24. The number of sulfone groups is 1. The number of thiophene rings is 1. The third-order valence-electron chi connectivity index (χ3n) is 4.27. The van der Waals surface area contributed by atoms with Gasteiger partial charge in [0.25, 0.3) is 0 Å². The van der Waals surface area contributed by atoms with Crippen LogP contribution in [0.25, 0.3) is 0 Å². The van der Waals surface area contributed by atoms with Gasteiger partial charge in [0.2, 0.25) is 5.78 Å². The molecule has 0 spiro atoms. The van der Waals surface area contributed by atoms with Crippen molar-refractivity contribution in [2.75, 3.05) is 6.26 Å². The first-order chi connectivity index (χ1) is 11.9. The molecule has 0 radical (unpaired) electrons. The number of ketones is 2. The predicted molar refractivity (Wildman–Crippen MR) is 93.7 cm³/mol. The lowest BCUT2D eigenvalue weighted by Crippen LogP contribution is -2.28. The number of fused-ring (bicyclic) bond motifs is 1. The van der Waals surface area contributed by atoms with Gasteiger partial charge in [0, 0.05) is 18.7 Å². The molecule has 8 heteroatoms. The molecule has 0 saturated heterocycles. The molecule has 1 aliphatic carbocycles. The van der Waals surface area contributed by atoms with Crippen molar-refractivity contribution in [1.82, 2.24) is 0 Å². The minimum absolute atomic E-state index is 0.0204. The Hall–Kier alpha value is -1.93. The molecule has 138 valence electrons. The summed E-state index contributed by atoms with van der Waals surface area (Å²) in [7, 11) is -3.73. The Kier molecular flexibility index (Phi) is 4.39. The van der Waals surface area contributed by atoms with E-state index in [0.29, 0.717) is 29.4 Å². The van der Waals surface area contributed by atoms with Gasteiger partial charge in [-0.15, -0.1) is 11.3 Å². The molecule has 0 aliphatic heterocycles. The van der Waals surface area contributed by atoms with Gasteiger partial charge in [-0.2, -0.15) is 0 Å². The summed E-state index contributed by atoms with van der Waals surface area (Å²) in [6, 6.07) is 2.58. The summed E-state index contributed by atoms with van der Waals surface area (Å²) in [5.74, 6) is -2.93. The van der Waals surface area contributed by atoms with Gasteiger partial charge in [-0.1, -0.05) is 13.8 Å². The van der Waals surface area contributed by atoms with Gasteiger partial charge in [-0.05, 0) is 29.5 Å². The van der Waals surface area contributed by atoms with Gasteiger partial charge in [-0.3, -0.25) is 9.59 Å². The Labute approximate surface area is 153 Å². The van der Waals surface area contributed by atoms with Crippen LogP contribution in [0.2, 0.25) is 0 Å². The number of halogens is 2. The zero-order valence-electron chi connectivity index (χ0n) is 14.4. The lowest BCUT2D eigenvalue weighted by molar-refractivity contribution is 0.0909. The molecule has 0 saturated carbocycles. The highest BCUT2D eigenvalue weighted by atomic mass is 32.2. The summed E-state index contributed by atoms with van der Waals surface area (Å²) in [5.41, 5.74) is -0.421. The van der Waals surface area contributed by atoms with Crippen LogP contribution in [-0.4, -0.2) is 26.2 Å². The minimum atomic E-state index is -3.73. The maximum absolute atomic E-state index is 14.0. The smallest absolute Gasteiger partial charge is 0.206 e. The second-order valence-corrected chi connectivity index (χ2v) is 10.5. The largest absolute Gasteiger partial charge is 0.294 e. The summed E-state index contributed by atoms with van der Waals surface area (Å²) in [6.07, 6.45) is 1.46. The molecule has 2 aromatic rings. The number of rotatable bonds is 3. The van der Waals surface area contributed by atoms with E-state index in [1.165, 1.54) is 0 Å². The fourth-order valence-electron chi connectivity index (χ4n) is 3.20. The van der Waals surface area contributed by atoms with E-state index in [9.17, 15) is 26.8 Å². The lowest BCUT2D eigenvalue weighted by Gasteiger charge is -2.29. The zero-order valence-corrected chi connectivity index (χ0v) is 16.0. The van der Waals surface area contributed by atoms with Gasteiger partial charge >= 0.3 is 0 Å². The summed E-state index contributed by atoms with van der Waals surface area (Å²) in [4.78, 5) is 25.4. The first kappa shape index (κ1) is 18.8. The van der Waals surface area contributed by atoms with Crippen LogP contribution in [0, 0.1) is 17.0 Å². The molecule has 0 N–H and O–H groups in total. The Morgan fingerprint density at radius 3 is 2.42 bits per heavy atom. The first-order valence-electron chi connectivity index (χ1n) is 7.79. The molecular weight excluding hydrogens is 382 g/mol. The number of hydrogen-bond donors (Lipinski definition) is 0. The maximum Gasteiger partial charge on any atom is 0.206 e. The van der Waals surface area contributed by atoms with Crippen LogP contribution in [0.1, 0.15) is 51.4 Å². The van der Waals surface area contributed by atoms with E-state index >= 15 is 0 Å². The van der Waals surface area contributed by atoms with Crippen molar-refractivity contribution < 1.29 is 26.8 Å². The molecule has 0 fully saturated rings. The molecule has 1 aromatic carbocycles. The van der Waals surface area contributed by atoms with Crippen molar-refractivity contribution in [2.24, 2.45) is 5.41 Å². The highest BCUT2D eigenvalue weighted by molar-refractivity contribution is 7.92. The van der Waals surface area contributed by atoms with E-state index < -0.39 is 32.7 Å². The third kappa shape index (κ3) is 3.23. The molecule has 1 heterocycles. The average Bonchev–Trinajstić information content (AvgIpc) is 2.84. The fourth-order valence-corrected chi connectivity index (χ4v) is 5.69. The third-order valence-corrected chi connectivity index (χ3v) is 7.33. The monoisotopic (exact) mass is 398 g/mol. The van der Waals surface area contributed by atoms with E-state index in [1.807, 2.05) is 13.8 Å². The van der Waals surface area contributed by atoms with Crippen LogP contribution in [-0.2, 0) is 16.3 Å². The summed E-state index contributed by atoms with van der Waals surface area (Å²) >= 11 is 0.684. The van der Waals surface area contributed by atoms with Crippen LogP contribution in [0.3, 0.4) is 0 Å². The van der Waals surface area contributed by atoms with Gasteiger partial charge < -0.3 is 0 Å². The minimum Gasteiger partial charge on any atom is -0.294 e. The predicted octanol–water partition coefficient (Wildman–Crippen LogP) is 3.82. The molecular formula is C18H16F2O4S2. The molecule has 0 atom stereocenters. The van der Waals surface area contributed by atoms with Gasteiger partial charge in [0.15, 0.2) is 15.6 Å². The standard InChI is InChI=1S/C18H16F2O4S2/c1-18(2)7-11-14(13(21)8-18)17(26(3,23)24)25-16(11)15(22)10-5-4-9(19)6-12(10)20/h4-6H,7-8H2,1-3H3. The number of carbonyl (C=O) groups is 2. The van der Waals surface area contributed by atoms with Crippen molar-refractivity contribution in [2.45, 2.75) is 30.9 Å². The van der Waals surface area contributed by atoms with Crippen LogP contribution < -0.4 is 0 Å². The topological polar surface area (TPSA) is 68.3 Å². The van der Waals surface area contributed by atoms with E-state index in [1.54, 1.807) is 0 Å². The van der Waals surface area contributed by atoms with Crippen LogP contribution in [0.15, 0.2) is 22.4 Å². The molecule has 0 bridgehead atoms. The number of benzene rings is 1. The normalized spacial score (nSPS) is 16.4.